The average Bonchev–Trinajstić information content (AvgIpc) is 3.49. The number of anilines is 1. The van der Waals surface area contributed by atoms with Crippen molar-refractivity contribution in [3.63, 3.8) is 0 Å². The van der Waals surface area contributed by atoms with E-state index in [2.05, 4.69) is 5.32 Å². The van der Waals surface area contributed by atoms with Crippen LogP contribution in [0.4, 0.5) is 18.9 Å². The molecule has 174 valence electrons. The van der Waals surface area contributed by atoms with Crippen LogP contribution in [0.5, 0.6) is 11.5 Å². The van der Waals surface area contributed by atoms with Crippen LogP contribution in [0.3, 0.4) is 0 Å². The average molecular weight is 459 g/mol. The number of ether oxygens (including phenoxy) is 2. The molecule has 1 fully saturated rings. The second kappa shape index (κ2) is 7.81. The number of alkyl halides is 3. The van der Waals surface area contributed by atoms with Crippen molar-refractivity contribution in [2.45, 2.75) is 31.0 Å². The molecule has 0 saturated heterocycles. The maximum atomic E-state index is 13.9. The van der Waals surface area contributed by atoms with Gasteiger partial charge in [0.25, 0.3) is 0 Å². The molecule has 1 aliphatic heterocycles. The first-order valence-electron chi connectivity index (χ1n) is 10.4. The second-order valence-electron chi connectivity index (χ2n) is 8.18. The van der Waals surface area contributed by atoms with E-state index in [9.17, 15) is 23.1 Å². The molecule has 2 aliphatic rings. The van der Waals surface area contributed by atoms with Crippen LogP contribution in [0.2, 0.25) is 0 Å². The van der Waals surface area contributed by atoms with E-state index in [0.717, 1.165) is 11.6 Å². The lowest BCUT2D eigenvalue weighted by Crippen LogP contribution is -2.28. The molecule has 8 heteroatoms. The molecule has 5 rings (SSSR count). The lowest BCUT2D eigenvalue weighted by molar-refractivity contribution is -0.137. The number of aliphatic hydroxyl groups excluding tert-OH is 1. The second-order valence-corrected chi connectivity index (χ2v) is 8.18. The van der Waals surface area contributed by atoms with Gasteiger partial charge < -0.3 is 19.9 Å². The third kappa shape index (κ3) is 3.80. The van der Waals surface area contributed by atoms with Gasteiger partial charge >= 0.3 is 6.18 Å². The number of rotatable bonds is 5. The topological polar surface area (TPSA) is 67.8 Å². The van der Waals surface area contributed by atoms with E-state index in [4.69, 9.17) is 9.47 Å². The fraction of sp³-hybridized carbons (Fsp3) is 0.240. The minimum Gasteiger partial charge on any atom is -0.454 e. The van der Waals surface area contributed by atoms with Crippen molar-refractivity contribution in [2.75, 3.05) is 12.1 Å². The molecule has 1 aliphatic carbocycles. The maximum absolute atomic E-state index is 13.9. The molecule has 3 aromatic carbocycles. The summed E-state index contributed by atoms with van der Waals surface area (Å²) in [5.74, 6) is 0.791. The van der Waals surface area contributed by atoms with Gasteiger partial charge in [0.05, 0.1) is 17.6 Å². The molecule has 1 heterocycles. The van der Waals surface area contributed by atoms with Crippen molar-refractivity contribution < 1.29 is 35.4 Å². The molecule has 0 unspecified atom stereocenters. The summed E-state index contributed by atoms with van der Waals surface area (Å²) in [6.07, 6.45) is -3.47. The number of carbonyl (C=O) groups excluding carboxylic acids is 1. The number of amides is 1. The van der Waals surface area contributed by atoms with E-state index in [1.54, 1.807) is 36.4 Å². The molecule has 0 spiro atoms. The van der Waals surface area contributed by atoms with Crippen molar-refractivity contribution >= 4 is 11.6 Å². The predicted octanol–water partition coefficient (Wildman–Crippen LogP) is 5.76. The summed E-state index contributed by atoms with van der Waals surface area (Å²) >= 11 is 0. The minimum absolute atomic E-state index is 0. The van der Waals surface area contributed by atoms with E-state index in [-0.39, 0.29) is 33.4 Å². The van der Waals surface area contributed by atoms with Crippen molar-refractivity contribution in [1.29, 1.82) is 0 Å². The Labute approximate surface area is 190 Å². The fourth-order valence-corrected chi connectivity index (χ4v) is 4.23. The van der Waals surface area contributed by atoms with Gasteiger partial charge in [0.1, 0.15) is 0 Å². The van der Waals surface area contributed by atoms with E-state index in [1.807, 2.05) is 0 Å². The fourth-order valence-electron chi connectivity index (χ4n) is 4.23. The van der Waals surface area contributed by atoms with E-state index < -0.39 is 17.2 Å². The van der Waals surface area contributed by atoms with Gasteiger partial charge in [-0.2, -0.15) is 13.2 Å². The lowest BCUT2D eigenvalue weighted by atomic mass is 9.93. The predicted molar refractivity (Wildman–Crippen MR) is 119 cm³/mol. The molecule has 2 N–H and O–H groups in total. The summed E-state index contributed by atoms with van der Waals surface area (Å²) in [5, 5.41) is 12.2. The van der Waals surface area contributed by atoms with Crippen LogP contribution >= 0.6 is 0 Å². The summed E-state index contributed by atoms with van der Waals surface area (Å²) in [6.45, 7) is -0.270. The Kier molecular flexibility index (Phi) is 5.05. The van der Waals surface area contributed by atoms with Crippen molar-refractivity contribution in [1.82, 2.24) is 0 Å². The standard InChI is InChI=1S/C25H20F3NO4.2H2/c26-25(27,28)20-12-17(6-7-19(20)18-4-2-1-3-15(18)13-30)29-23(31)24(9-10-24)16-5-8-21-22(11-16)33-14-32-21;;/h1-8,11-12,30H,9-10,13-14H2,(H,29,31);2*1H. The quantitative estimate of drug-likeness (QED) is 0.509. The van der Waals surface area contributed by atoms with E-state index >= 15 is 0 Å². The van der Waals surface area contributed by atoms with Crippen LogP contribution < -0.4 is 14.8 Å². The minimum atomic E-state index is -4.65. The number of aliphatic hydroxyl groups is 1. The highest BCUT2D eigenvalue weighted by Crippen LogP contribution is 2.51. The van der Waals surface area contributed by atoms with Crippen LogP contribution in [0.1, 0.15) is 32.4 Å². The van der Waals surface area contributed by atoms with Gasteiger partial charge in [0.2, 0.25) is 12.7 Å². The molecular weight excluding hydrogens is 435 g/mol. The normalized spacial score (nSPS) is 15.9. The van der Waals surface area contributed by atoms with Crippen molar-refractivity contribution in [2.24, 2.45) is 0 Å². The van der Waals surface area contributed by atoms with Gasteiger partial charge in [-0.05, 0) is 59.4 Å². The van der Waals surface area contributed by atoms with Gasteiger partial charge in [-0.1, -0.05) is 36.4 Å². The molecule has 1 saturated carbocycles. The first kappa shape index (κ1) is 21.3. The van der Waals surface area contributed by atoms with E-state index in [0.29, 0.717) is 35.5 Å². The monoisotopic (exact) mass is 459 g/mol. The Morgan fingerprint density at radius 1 is 1.00 bits per heavy atom. The number of nitrogens with one attached hydrogen (secondary N) is 1. The smallest absolute Gasteiger partial charge is 0.417 e. The van der Waals surface area contributed by atoms with Crippen LogP contribution in [-0.4, -0.2) is 17.8 Å². The Balaban J connectivity index is 0.00000171. The van der Waals surface area contributed by atoms with Gasteiger partial charge in [0.15, 0.2) is 11.5 Å². The summed E-state index contributed by atoms with van der Waals surface area (Å²) < 4.78 is 52.5. The Morgan fingerprint density at radius 3 is 2.48 bits per heavy atom. The number of hydrogen-bond donors (Lipinski definition) is 2. The number of carbonyl (C=O) groups is 1. The summed E-state index contributed by atoms with van der Waals surface area (Å²) in [7, 11) is 0. The van der Waals surface area contributed by atoms with E-state index in [1.165, 1.54) is 18.2 Å². The molecule has 0 aromatic heterocycles. The number of fused-ring (bicyclic) bond motifs is 1. The van der Waals surface area contributed by atoms with Gasteiger partial charge in [-0.3, -0.25) is 4.79 Å². The number of halogens is 3. The van der Waals surface area contributed by atoms with Gasteiger partial charge in [-0.15, -0.1) is 0 Å². The molecule has 0 bridgehead atoms. The zero-order valence-corrected chi connectivity index (χ0v) is 17.4. The maximum Gasteiger partial charge on any atom is 0.417 e. The highest BCUT2D eigenvalue weighted by atomic mass is 19.4. The Morgan fingerprint density at radius 2 is 1.76 bits per heavy atom. The zero-order chi connectivity index (χ0) is 23.2. The molecule has 33 heavy (non-hydrogen) atoms. The molecule has 3 aromatic rings. The van der Waals surface area contributed by atoms with Crippen LogP contribution in [0.25, 0.3) is 11.1 Å². The molecule has 0 radical (unpaired) electrons. The Hall–Kier alpha value is -3.52. The van der Waals surface area contributed by atoms with Crippen LogP contribution in [0, 0.1) is 0 Å². The molecule has 0 atom stereocenters. The Bertz CT molecular complexity index is 1250. The SMILES string of the molecule is O=C(Nc1ccc(-c2ccccc2CO)c(C(F)(F)F)c1)C1(c2ccc3c(c2)OCO3)CC1.[HH].[HH]. The molecular formula is C25H24F3NO4. The largest absolute Gasteiger partial charge is 0.454 e. The van der Waals surface area contributed by atoms with Crippen molar-refractivity contribution in [3.05, 3.63) is 77.4 Å². The van der Waals surface area contributed by atoms with Crippen LogP contribution in [0.15, 0.2) is 60.7 Å². The summed E-state index contributed by atoms with van der Waals surface area (Å²) in [5.41, 5.74) is -0.250. The molecule has 1 amide bonds. The van der Waals surface area contributed by atoms with Gasteiger partial charge in [-0.25, -0.2) is 0 Å². The lowest BCUT2D eigenvalue weighted by Gasteiger charge is -2.19. The highest BCUT2D eigenvalue weighted by Gasteiger charge is 2.51. The third-order valence-corrected chi connectivity index (χ3v) is 6.17. The number of hydrogen-bond acceptors (Lipinski definition) is 4. The van der Waals surface area contributed by atoms with Crippen molar-refractivity contribution in [3.8, 4) is 22.6 Å². The van der Waals surface area contributed by atoms with Gasteiger partial charge in [0, 0.05) is 8.54 Å². The first-order valence-corrected chi connectivity index (χ1v) is 10.4. The number of benzene rings is 3. The summed E-state index contributed by atoms with van der Waals surface area (Å²) in [6, 6.07) is 15.4. The highest BCUT2D eigenvalue weighted by molar-refractivity contribution is 6.01. The summed E-state index contributed by atoms with van der Waals surface area (Å²) in [4.78, 5) is 13.1. The third-order valence-electron chi connectivity index (χ3n) is 6.17. The zero-order valence-electron chi connectivity index (χ0n) is 17.4. The molecule has 5 nitrogen and oxygen atoms in total. The van der Waals surface area contributed by atoms with Crippen LogP contribution in [-0.2, 0) is 23.0 Å². The first-order chi connectivity index (χ1) is 15.8.